The maximum atomic E-state index is 6.36. The van der Waals surface area contributed by atoms with Crippen LogP contribution in [0.15, 0.2) is 205 Å². The molecule has 8 aromatic carbocycles. The van der Waals surface area contributed by atoms with E-state index in [1.807, 2.05) is 54.6 Å². The number of furan rings is 1. The Morgan fingerprint density at radius 3 is 1.16 bits per heavy atom. The molecular formula is C51H33N3O. The third-order valence-electron chi connectivity index (χ3n) is 10.1. The first-order chi connectivity index (χ1) is 27.2. The zero-order chi connectivity index (χ0) is 36.6. The van der Waals surface area contributed by atoms with Crippen LogP contribution in [0, 0.1) is 0 Å². The number of rotatable bonds is 7. The van der Waals surface area contributed by atoms with Crippen LogP contribution < -0.4 is 0 Å². The van der Waals surface area contributed by atoms with Gasteiger partial charge in [-0.3, -0.25) is 0 Å². The molecule has 0 saturated carbocycles. The van der Waals surface area contributed by atoms with Crippen LogP contribution in [0.1, 0.15) is 0 Å². The van der Waals surface area contributed by atoms with Gasteiger partial charge in [-0.05, 0) is 93.0 Å². The van der Waals surface area contributed by atoms with E-state index in [1.165, 1.54) is 16.7 Å². The largest absolute Gasteiger partial charge is 0.456 e. The van der Waals surface area contributed by atoms with Crippen molar-refractivity contribution < 1.29 is 4.42 Å². The number of benzene rings is 8. The molecule has 0 N–H and O–H groups in total. The smallest absolute Gasteiger partial charge is 0.164 e. The highest BCUT2D eigenvalue weighted by Gasteiger charge is 2.16. The van der Waals surface area contributed by atoms with Gasteiger partial charge in [0.2, 0.25) is 0 Å². The minimum absolute atomic E-state index is 0.603. The third kappa shape index (κ3) is 6.36. The number of fused-ring (bicyclic) bond motifs is 3. The van der Waals surface area contributed by atoms with Crippen LogP contribution in [-0.2, 0) is 0 Å². The Bertz CT molecular complexity index is 2970. The summed E-state index contributed by atoms with van der Waals surface area (Å²) in [5.41, 5.74) is 13.6. The van der Waals surface area contributed by atoms with Gasteiger partial charge >= 0.3 is 0 Å². The van der Waals surface area contributed by atoms with Crippen molar-refractivity contribution in [2.24, 2.45) is 0 Å². The SMILES string of the molecule is c1ccc(-c2cccc(-c3cccc(-c4cccc(-c5nc(-c6ccccc6)nc(-c6ccc7oc8cc(-c9ccccc9)ccc8c7c6)n5)c4)c3)c2)cc1. The Morgan fingerprint density at radius 1 is 0.236 bits per heavy atom. The molecule has 258 valence electrons. The van der Waals surface area contributed by atoms with Gasteiger partial charge in [0.1, 0.15) is 11.2 Å². The summed E-state index contributed by atoms with van der Waals surface area (Å²) in [6.07, 6.45) is 0. The summed E-state index contributed by atoms with van der Waals surface area (Å²) in [5, 5.41) is 2.07. The second kappa shape index (κ2) is 13.8. The highest BCUT2D eigenvalue weighted by molar-refractivity contribution is 6.07. The van der Waals surface area contributed by atoms with Crippen LogP contribution in [0.25, 0.3) is 101 Å². The molecule has 0 saturated heterocycles. The van der Waals surface area contributed by atoms with E-state index in [-0.39, 0.29) is 0 Å². The van der Waals surface area contributed by atoms with Gasteiger partial charge in [-0.25, -0.2) is 15.0 Å². The molecule has 2 aromatic heterocycles. The molecule has 10 aromatic rings. The van der Waals surface area contributed by atoms with E-state index in [4.69, 9.17) is 19.4 Å². The van der Waals surface area contributed by atoms with Gasteiger partial charge in [0.25, 0.3) is 0 Å². The lowest BCUT2D eigenvalue weighted by Gasteiger charge is -2.11. The molecule has 0 aliphatic heterocycles. The van der Waals surface area contributed by atoms with Crippen molar-refractivity contribution in [2.75, 3.05) is 0 Å². The van der Waals surface area contributed by atoms with Crippen molar-refractivity contribution in [1.82, 2.24) is 15.0 Å². The zero-order valence-corrected chi connectivity index (χ0v) is 29.8. The molecule has 0 atom stereocenters. The van der Waals surface area contributed by atoms with E-state index in [1.54, 1.807) is 0 Å². The van der Waals surface area contributed by atoms with Crippen LogP contribution in [0.3, 0.4) is 0 Å². The fourth-order valence-corrected chi connectivity index (χ4v) is 7.30. The van der Waals surface area contributed by atoms with E-state index in [0.717, 1.165) is 66.4 Å². The third-order valence-corrected chi connectivity index (χ3v) is 10.1. The Labute approximate surface area is 319 Å². The Kier molecular flexibility index (Phi) is 8.12. The fourth-order valence-electron chi connectivity index (χ4n) is 7.30. The topological polar surface area (TPSA) is 51.8 Å². The zero-order valence-electron chi connectivity index (χ0n) is 29.8. The van der Waals surface area contributed by atoms with Gasteiger partial charge < -0.3 is 4.42 Å². The molecule has 0 radical (unpaired) electrons. The second-order valence-corrected chi connectivity index (χ2v) is 13.7. The van der Waals surface area contributed by atoms with E-state index in [9.17, 15) is 0 Å². The maximum absolute atomic E-state index is 6.36. The van der Waals surface area contributed by atoms with Crippen LogP contribution in [0.4, 0.5) is 0 Å². The summed E-state index contributed by atoms with van der Waals surface area (Å²) < 4.78 is 6.36. The number of aromatic nitrogens is 3. The molecule has 0 aliphatic rings. The lowest BCUT2D eigenvalue weighted by molar-refractivity contribution is 0.669. The summed E-state index contributed by atoms with van der Waals surface area (Å²) in [7, 11) is 0. The summed E-state index contributed by atoms with van der Waals surface area (Å²) >= 11 is 0. The molecule has 0 unspecified atom stereocenters. The average molecular weight is 704 g/mol. The Hall–Kier alpha value is -7.43. The molecule has 0 aliphatic carbocycles. The van der Waals surface area contributed by atoms with Crippen molar-refractivity contribution in [1.29, 1.82) is 0 Å². The van der Waals surface area contributed by atoms with Crippen molar-refractivity contribution in [3.05, 3.63) is 200 Å². The van der Waals surface area contributed by atoms with E-state index in [0.29, 0.717) is 17.5 Å². The van der Waals surface area contributed by atoms with E-state index in [2.05, 4.69) is 146 Å². The van der Waals surface area contributed by atoms with Crippen molar-refractivity contribution >= 4 is 21.9 Å². The highest BCUT2D eigenvalue weighted by atomic mass is 16.3. The number of nitrogens with zero attached hydrogens (tertiary/aromatic N) is 3. The van der Waals surface area contributed by atoms with Crippen LogP contribution >= 0.6 is 0 Å². The predicted octanol–water partition coefficient (Wildman–Crippen LogP) is 13.4. The van der Waals surface area contributed by atoms with Gasteiger partial charge in [0.15, 0.2) is 17.5 Å². The monoisotopic (exact) mass is 703 g/mol. The van der Waals surface area contributed by atoms with Crippen molar-refractivity contribution in [3.63, 3.8) is 0 Å². The number of hydrogen-bond acceptors (Lipinski definition) is 4. The van der Waals surface area contributed by atoms with Gasteiger partial charge in [-0.1, -0.05) is 152 Å². The lowest BCUT2D eigenvalue weighted by atomic mass is 9.95. The second-order valence-electron chi connectivity index (χ2n) is 13.7. The van der Waals surface area contributed by atoms with E-state index >= 15 is 0 Å². The van der Waals surface area contributed by atoms with Crippen molar-refractivity contribution in [3.8, 4) is 78.7 Å². The minimum atomic E-state index is 0.603. The summed E-state index contributed by atoms with van der Waals surface area (Å²) in [5.74, 6) is 1.84. The standard InChI is InChI=1S/C51H33N3O/c1-4-13-34(14-5-1)37-19-10-20-38(29-37)39-21-11-22-40(30-39)41-23-12-24-43(31-41)50-52-49(36-17-8-3-9-18-36)53-51(54-50)44-26-28-47-46(32-44)45-27-25-42(33-48(45)55-47)35-15-6-2-7-16-35/h1-33H. The molecule has 55 heavy (non-hydrogen) atoms. The molecule has 10 rings (SSSR count). The van der Waals surface area contributed by atoms with Gasteiger partial charge in [0, 0.05) is 27.5 Å². The van der Waals surface area contributed by atoms with Crippen LogP contribution in [0.5, 0.6) is 0 Å². The molecule has 0 amide bonds. The average Bonchev–Trinajstić information content (AvgIpc) is 3.64. The molecular weight excluding hydrogens is 671 g/mol. The van der Waals surface area contributed by atoms with Crippen LogP contribution in [-0.4, -0.2) is 15.0 Å². The molecule has 0 bridgehead atoms. The summed E-state index contributed by atoms with van der Waals surface area (Å²) in [4.78, 5) is 15.2. The maximum Gasteiger partial charge on any atom is 0.164 e. The van der Waals surface area contributed by atoms with Gasteiger partial charge in [0.05, 0.1) is 0 Å². The minimum Gasteiger partial charge on any atom is -0.456 e. The van der Waals surface area contributed by atoms with E-state index < -0.39 is 0 Å². The molecule has 4 nitrogen and oxygen atoms in total. The summed E-state index contributed by atoms with van der Waals surface area (Å²) in [6, 6.07) is 69.4. The fraction of sp³-hybridized carbons (Fsp3) is 0. The quantitative estimate of drug-likeness (QED) is 0.166. The van der Waals surface area contributed by atoms with Crippen LogP contribution in [0.2, 0.25) is 0 Å². The Balaban J connectivity index is 1.04. The Morgan fingerprint density at radius 2 is 0.618 bits per heavy atom. The lowest BCUT2D eigenvalue weighted by Crippen LogP contribution is -2.00. The highest BCUT2D eigenvalue weighted by Crippen LogP contribution is 2.36. The molecule has 4 heteroatoms. The predicted molar refractivity (Wildman–Crippen MR) is 225 cm³/mol. The molecule has 0 fully saturated rings. The van der Waals surface area contributed by atoms with Gasteiger partial charge in [-0.2, -0.15) is 0 Å². The first-order valence-electron chi connectivity index (χ1n) is 18.4. The number of hydrogen-bond donors (Lipinski definition) is 0. The van der Waals surface area contributed by atoms with Crippen molar-refractivity contribution in [2.45, 2.75) is 0 Å². The molecule has 2 heterocycles. The summed E-state index contributed by atoms with van der Waals surface area (Å²) in [6.45, 7) is 0. The first-order valence-corrected chi connectivity index (χ1v) is 18.4. The van der Waals surface area contributed by atoms with Gasteiger partial charge in [-0.15, -0.1) is 0 Å². The first kappa shape index (κ1) is 32.2. The molecule has 0 spiro atoms. The normalized spacial score (nSPS) is 11.3.